The first-order valence-electron chi connectivity index (χ1n) is 48.4. The number of allylic oxidation sites excluding steroid dienone is 28. The van der Waals surface area contributed by atoms with Gasteiger partial charge in [-0.25, -0.2) is 9.13 Å². The number of unbranched alkanes of at least 4 members (excludes halogenated alkanes) is 40. The minimum Gasteiger partial charge on any atom is -0.463 e. The summed E-state index contributed by atoms with van der Waals surface area (Å²) < 4.78 is 61.6. The SMILES string of the molecule is CC/C=C\C/C=C\C/C=C\C/C=C\C/C=C\CCCCCCCCCCCCCCCCCCCC(=O)OCC(O)COP(=O)(O)OCC(O)COP(=O)(O)OCC(COC(=O)CCCCCCCCCCCCCCC/C=C\C/C=C\C/C=C\C/C=C\C/C=C\CC)OC(=O)CCCCCCCCC/C=C\C/C=C\C/C=C\C/C=C\CCCCC. The molecule has 5 unspecified atom stereocenters. The summed E-state index contributed by atoms with van der Waals surface area (Å²) in [5.41, 5.74) is 0. The van der Waals surface area contributed by atoms with Crippen LogP contribution in [0, 0.1) is 0 Å². The molecule has 0 rings (SSSR count). The Morgan fingerprint density at radius 3 is 0.694 bits per heavy atom. The molecule has 0 aliphatic heterocycles. The van der Waals surface area contributed by atoms with E-state index in [2.05, 4.69) is 191 Å². The molecule has 5 atom stereocenters. The van der Waals surface area contributed by atoms with Crippen LogP contribution in [0.4, 0.5) is 0 Å². The topological polar surface area (TPSA) is 231 Å². The van der Waals surface area contributed by atoms with Crippen molar-refractivity contribution >= 4 is 33.6 Å². The van der Waals surface area contributed by atoms with Crippen LogP contribution in [0.25, 0.3) is 0 Å². The molecule has 0 aromatic heterocycles. The Kier molecular flexibility index (Phi) is 90.1. The fourth-order valence-electron chi connectivity index (χ4n) is 13.1. The normalized spacial score (nSPS) is 14.5. The minimum atomic E-state index is -4.95. The van der Waals surface area contributed by atoms with Crippen LogP contribution in [0.2, 0.25) is 0 Å². The number of carbonyl (C=O) groups is 3. The molecule has 4 N–H and O–H groups in total. The van der Waals surface area contributed by atoms with E-state index in [9.17, 15) is 43.5 Å². The molecule has 0 aromatic carbocycles. The summed E-state index contributed by atoms with van der Waals surface area (Å²) in [6.45, 7) is 2.47. The number of aliphatic hydroxyl groups excluding tert-OH is 2. The Labute approximate surface area is 739 Å². The first-order valence-corrected chi connectivity index (χ1v) is 51.4. The number of carbonyl (C=O) groups excluding carboxylic acids is 3. The molecule has 0 spiro atoms. The van der Waals surface area contributed by atoms with Crippen LogP contribution in [0.15, 0.2) is 170 Å². The van der Waals surface area contributed by atoms with Crippen molar-refractivity contribution < 1.29 is 75.8 Å². The van der Waals surface area contributed by atoms with Crippen LogP contribution in [0.5, 0.6) is 0 Å². The van der Waals surface area contributed by atoms with E-state index in [1.165, 1.54) is 167 Å². The molecule has 0 saturated heterocycles. The van der Waals surface area contributed by atoms with Crippen molar-refractivity contribution in [2.45, 2.75) is 424 Å². The lowest BCUT2D eigenvalue weighted by Crippen LogP contribution is -2.30. The number of esters is 3. The summed E-state index contributed by atoms with van der Waals surface area (Å²) in [5.74, 6) is -1.58. The molecule has 0 fully saturated rings. The molecule has 0 radical (unpaired) electrons. The maximum Gasteiger partial charge on any atom is 0.472 e. The summed E-state index contributed by atoms with van der Waals surface area (Å²) >= 11 is 0. The van der Waals surface area contributed by atoms with E-state index in [0.29, 0.717) is 19.3 Å². The van der Waals surface area contributed by atoms with Gasteiger partial charge < -0.3 is 34.2 Å². The van der Waals surface area contributed by atoms with Gasteiger partial charge in [0.25, 0.3) is 0 Å². The predicted octanol–water partition coefficient (Wildman–Crippen LogP) is 30.2. The average molecular weight is 1730 g/mol. The van der Waals surface area contributed by atoms with E-state index in [4.69, 9.17) is 32.3 Å². The standard InChI is InChI=1S/C103H176O16P2/c1-4-7-10-13-16-19-22-25-28-31-34-37-40-42-44-46-47-48-49-51-53-54-57-59-62-65-68-71-74-77-80-83-86-89-101(106)113-92-98(104)93-115-120(109,110)116-94-99(105)95-117-121(111,112)118-97-100(119-103(108)91-88-85-82-79-76-73-70-67-64-61-56-39-36-33-30-27-24-21-18-15-12-9-6-3)96-114-102(107)90-87-84-81-78-75-72-69-66-63-60-58-55-52-50-45-43-41-38-35-32-29-26-23-20-17-14-11-8-5-2/h7-8,10-11,16-21,25-30,34-39,42-45,61,64,98-100,104-105H,4-6,9,12-15,22-24,31-33,40-41,46-60,62-63,65-97H2,1-3H3,(H,109,110)(H,111,112)/b10-7-,11-8-,19-16-,20-17-,21-18-,28-25-,29-26-,30-27-,37-34-,38-35-,39-36-,44-42-,45-43-,64-61-. The highest BCUT2D eigenvalue weighted by Crippen LogP contribution is 2.45. The summed E-state index contributed by atoms with van der Waals surface area (Å²) in [7, 11) is -9.82. The Hall–Kier alpha value is -5.09. The molecule has 18 heteroatoms. The van der Waals surface area contributed by atoms with Crippen LogP contribution >= 0.6 is 15.6 Å². The van der Waals surface area contributed by atoms with Gasteiger partial charge in [0, 0.05) is 19.3 Å². The molecule has 0 bridgehead atoms. The highest BCUT2D eigenvalue weighted by molar-refractivity contribution is 7.47. The zero-order chi connectivity index (χ0) is 87.9. The largest absolute Gasteiger partial charge is 0.472 e. The zero-order valence-corrected chi connectivity index (χ0v) is 78.4. The third-order valence-electron chi connectivity index (χ3n) is 20.4. The van der Waals surface area contributed by atoms with Gasteiger partial charge in [0.2, 0.25) is 0 Å². The number of phosphoric ester groups is 2. The van der Waals surface area contributed by atoms with Crippen LogP contribution in [-0.2, 0) is 55.8 Å². The van der Waals surface area contributed by atoms with E-state index in [1.54, 1.807) is 0 Å². The Morgan fingerprint density at radius 1 is 0.240 bits per heavy atom. The molecule has 0 amide bonds. The van der Waals surface area contributed by atoms with Crippen LogP contribution in [0.1, 0.15) is 406 Å². The number of hydrogen-bond acceptors (Lipinski definition) is 14. The van der Waals surface area contributed by atoms with Crippen molar-refractivity contribution in [2.75, 3.05) is 39.6 Å². The third kappa shape index (κ3) is 95.4. The van der Waals surface area contributed by atoms with E-state index in [0.717, 1.165) is 180 Å². The molecule has 0 heterocycles. The molecule has 0 saturated carbocycles. The number of aliphatic hydroxyl groups is 2. The molecule has 121 heavy (non-hydrogen) atoms. The molecule has 0 aliphatic rings. The van der Waals surface area contributed by atoms with Crippen molar-refractivity contribution in [3.63, 3.8) is 0 Å². The summed E-state index contributed by atoms with van der Waals surface area (Å²) in [4.78, 5) is 59.1. The van der Waals surface area contributed by atoms with Gasteiger partial charge >= 0.3 is 33.6 Å². The number of phosphoric acid groups is 2. The molecule has 694 valence electrons. The van der Waals surface area contributed by atoms with Gasteiger partial charge in [0.05, 0.1) is 26.4 Å². The van der Waals surface area contributed by atoms with E-state index in [-0.39, 0.29) is 19.3 Å². The average Bonchev–Trinajstić information content (AvgIpc) is 0.887. The lowest BCUT2D eigenvalue weighted by Gasteiger charge is -2.21. The summed E-state index contributed by atoms with van der Waals surface area (Å²) in [5, 5.41) is 20.8. The monoisotopic (exact) mass is 1730 g/mol. The van der Waals surface area contributed by atoms with Gasteiger partial charge in [-0.15, -0.1) is 0 Å². The Bertz CT molecular complexity index is 2880. The lowest BCUT2D eigenvalue weighted by atomic mass is 10.0. The van der Waals surface area contributed by atoms with Crippen LogP contribution in [0.3, 0.4) is 0 Å². The molecule has 0 aromatic rings. The maximum atomic E-state index is 13.1. The molecule has 0 aliphatic carbocycles. The van der Waals surface area contributed by atoms with E-state index in [1.807, 2.05) is 0 Å². The first-order chi connectivity index (χ1) is 59.2. The van der Waals surface area contributed by atoms with Crippen molar-refractivity contribution in [1.82, 2.24) is 0 Å². The van der Waals surface area contributed by atoms with Gasteiger partial charge in [-0.1, -0.05) is 403 Å². The second kappa shape index (κ2) is 94.1. The van der Waals surface area contributed by atoms with E-state index < -0.39 is 91.5 Å². The van der Waals surface area contributed by atoms with Gasteiger partial charge in [-0.3, -0.25) is 32.5 Å². The summed E-state index contributed by atoms with van der Waals surface area (Å²) in [6, 6.07) is 0. The highest BCUT2D eigenvalue weighted by atomic mass is 31.2. The van der Waals surface area contributed by atoms with Crippen LogP contribution in [-0.4, -0.2) is 95.9 Å². The summed E-state index contributed by atoms with van der Waals surface area (Å²) in [6.07, 6.45) is 123. The predicted molar refractivity (Wildman–Crippen MR) is 509 cm³/mol. The number of rotatable bonds is 91. The van der Waals surface area contributed by atoms with Crippen molar-refractivity contribution in [3.8, 4) is 0 Å². The fourth-order valence-corrected chi connectivity index (χ4v) is 14.7. The Morgan fingerprint density at radius 2 is 0.438 bits per heavy atom. The smallest absolute Gasteiger partial charge is 0.463 e. The highest BCUT2D eigenvalue weighted by Gasteiger charge is 2.30. The molecular formula is C103H176O16P2. The van der Waals surface area contributed by atoms with Gasteiger partial charge in [-0.05, 0) is 154 Å². The van der Waals surface area contributed by atoms with Gasteiger partial charge in [-0.2, -0.15) is 0 Å². The van der Waals surface area contributed by atoms with Crippen molar-refractivity contribution in [2.24, 2.45) is 0 Å². The lowest BCUT2D eigenvalue weighted by molar-refractivity contribution is -0.161. The third-order valence-corrected chi connectivity index (χ3v) is 22.3. The Balaban J connectivity index is 4.58. The molecule has 16 nitrogen and oxygen atoms in total. The second-order valence-corrected chi connectivity index (χ2v) is 35.0. The quantitative estimate of drug-likeness (QED) is 0.0146. The number of ether oxygens (including phenoxy) is 3. The van der Waals surface area contributed by atoms with E-state index >= 15 is 0 Å². The first kappa shape index (κ1) is 116. The number of hydrogen-bond donors (Lipinski definition) is 4. The van der Waals surface area contributed by atoms with Crippen LogP contribution < -0.4 is 0 Å². The zero-order valence-electron chi connectivity index (χ0n) is 76.6. The minimum absolute atomic E-state index is 0.0889. The van der Waals surface area contributed by atoms with Gasteiger partial charge in [0.15, 0.2) is 6.10 Å². The van der Waals surface area contributed by atoms with Crippen molar-refractivity contribution in [1.29, 1.82) is 0 Å². The maximum absolute atomic E-state index is 13.1. The van der Waals surface area contributed by atoms with Gasteiger partial charge in [0.1, 0.15) is 25.4 Å². The van der Waals surface area contributed by atoms with Crippen molar-refractivity contribution in [3.05, 3.63) is 170 Å². The fraction of sp³-hybridized carbons (Fsp3) is 0.699. The molecular weight excluding hydrogens is 1560 g/mol. The second-order valence-electron chi connectivity index (χ2n) is 32.1.